The molecule has 0 aliphatic heterocycles. The lowest BCUT2D eigenvalue weighted by molar-refractivity contribution is 0.0919. The highest BCUT2D eigenvalue weighted by Gasteiger charge is 2.22. The highest BCUT2D eigenvalue weighted by molar-refractivity contribution is 7.21. The number of carbonyl (C=O) groups is 4. The molecule has 65 heavy (non-hydrogen) atoms. The first kappa shape index (κ1) is 44.2. The minimum Gasteiger partial charge on any atom is -0.351 e. The van der Waals surface area contributed by atoms with E-state index in [0.29, 0.717) is 45.3 Å². The van der Waals surface area contributed by atoms with Gasteiger partial charge >= 0.3 is 0 Å². The highest BCUT2D eigenvalue weighted by atomic mass is 32.1. The molecule has 0 spiro atoms. The maximum absolute atomic E-state index is 12.7. The Morgan fingerprint density at radius 2 is 1.00 bits per heavy atom. The zero-order valence-corrected chi connectivity index (χ0v) is 37.7. The van der Waals surface area contributed by atoms with Crippen molar-refractivity contribution < 1.29 is 19.2 Å². The van der Waals surface area contributed by atoms with E-state index in [1.807, 2.05) is 153 Å². The van der Waals surface area contributed by atoms with E-state index in [0.717, 1.165) is 49.7 Å². The van der Waals surface area contributed by atoms with Crippen molar-refractivity contribution in [3.05, 3.63) is 208 Å². The summed E-state index contributed by atoms with van der Waals surface area (Å²) < 4.78 is 2.17. The number of amides is 4. The zero-order valence-electron chi connectivity index (χ0n) is 36.1. The second-order valence-electron chi connectivity index (χ2n) is 16.5. The molecule has 4 amide bonds. The van der Waals surface area contributed by atoms with Gasteiger partial charge < -0.3 is 21.3 Å². The van der Waals surface area contributed by atoms with Crippen molar-refractivity contribution in [1.82, 2.24) is 10.6 Å². The van der Waals surface area contributed by atoms with Gasteiger partial charge in [0.15, 0.2) is 0 Å². The Kier molecular flexibility index (Phi) is 13.9. The molecule has 1 aliphatic rings. The first-order valence-electron chi connectivity index (χ1n) is 21.5. The number of hydrogen-bond donors (Lipinski definition) is 4. The summed E-state index contributed by atoms with van der Waals surface area (Å²) in [6.07, 6.45) is 8.68. The molecule has 0 unspecified atom stereocenters. The van der Waals surface area contributed by atoms with Gasteiger partial charge in [0.25, 0.3) is 23.6 Å². The van der Waals surface area contributed by atoms with Crippen molar-refractivity contribution in [3.63, 3.8) is 0 Å². The standard InChI is InChI=1S/C28H20N2O2S.C27H28N2O2S/c31-27(21-15-13-20(14-16-21)19-7-2-1-3-8-19)29-23-10-6-11-24(18-23)30-28(32)26-17-22-9-4-5-12-25(22)33-26;1-27(2,18-29-26(31)24-16-22-10-6-7-11-23(22)32-24)17-28-25(30)21-14-12-20(13-15-21)19-8-4-3-5-9-19/h1-18H,(H,29,31)(H,30,32);4,6-16H,3,5,17-18H2,1-2H3,(H,28,30)(H,29,31). The topological polar surface area (TPSA) is 116 Å². The molecule has 4 N–H and O–H groups in total. The molecule has 10 heteroatoms. The molecule has 0 radical (unpaired) electrons. The Labute approximate surface area is 386 Å². The maximum atomic E-state index is 12.7. The van der Waals surface area contributed by atoms with Crippen LogP contribution in [0.5, 0.6) is 0 Å². The third-order valence-corrected chi connectivity index (χ3v) is 13.1. The van der Waals surface area contributed by atoms with Crippen molar-refractivity contribution in [3.8, 4) is 11.1 Å². The number of allylic oxidation sites excluding steroid dienone is 4. The molecule has 9 rings (SSSR count). The molecule has 0 saturated carbocycles. The monoisotopic (exact) mass is 892 g/mol. The zero-order chi connectivity index (χ0) is 45.2. The summed E-state index contributed by atoms with van der Waals surface area (Å²) in [7, 11) is 0. The molecule has 0 bridgehead atoms. The second kappa shape index (κ2) is 20.4. The van der Waals surface area contributed by atoms with Gasteiger partial charge in [-0.1, -0.05) is 129 Å². The number of carbonyl (C=O) groups excluding carboxylic acids is 4. The SMILES string of the molecule is CC(C)(CNC(=O)c1ccc(C2=CCCC=C2)cc1)CNC(=O)c1cc2ccccc2s1.O=C(Nc1cccc(NC(=O)c2cc3ccccc3s2)c1)c1ccc(-c2ccccc2)cc1. The van der Waals surface area contributed by atoms with Crippen LogP contribution in [0, 0.1) is 5.41 Å². The van der Waals surface area contributed by atoms with Crippen LogP contribution < -0.4 is 21.3 Å². The number of anilines is 2. The minimum atomic E-state index is -0.278. The fourth-order valence-corrected chi connectivity index (χ4v) is 9.17. The van der Waals surface area contributed by atoms with Crippen LogP contribution in [0.1, 0.15) is 72.3 Å². The average molecular weight is 893 g/mol. The van der Waals surface area contributed by atoms with E-state index >= 15 is 0 Å². The Hall–Kier alpha value is -7.40. The fourth-order valence-electron chi connectivity index (χ4n) is 7.24. The van der Waals surface area contributed by atoms with Crippen LogP contribution in [0.2, 0.25) is 0 Å². The van der Waals surface area contributed by atoms with Gasteiger partial charge in [-0.3, -0.25) is 19.2 Å². The Bertz CT molecular complexity index is 2970. The molecule has 2 aromatic heterocycles. The molecular weight excluding hydrogens is 845 g/mol. The lowest BCUT2D eigenvalue weighted by Gasteiger charge is -2.25. The Balaban J connectivity index is 0.000000177. The van der Waals surface area contributed by atoms with E-state index in [-0.39, 0.29) is 29.0 Å². The van der Waals surface area contributed by atoms with E-state index in [1.165, 1.54) is 28.2 Å². The molecule has 324 valence electrons. The van der Waals surface area contributed by atoms with Gasteiger partial charge in [0, 0.05) is 45.0 Å². The Morgan fingerprint density at radius 3 is 1.58 bits per heavy atom. The molecule has 1 aliphatic carbocycles. The molecule has 8 aromatic rings. The average Bonchev–Trinajstić information content (AvgIpc) is 3.99. The largest absolute Gasteiger partial charge is 0.351 e. The van der Waals surface area contributed by atoms with Gasteiger partial charge in [-0.05, 0) is 118 Å². The Morgan fingerprint density at radius 1 is 0.492 bits per heavy atom. The van der Waals surface area contributed by atoms with Crippen LogP contribution in [-0.2, 0) is 0 Å². The lowest BCUT2D eigenvalue weighted by atomic mass is 9.93. The molecule has 8 nitrogen and oxygen atoms in total. The number of thiophene rings is 2. The summed E-state index contributed by atoms with van der Waals surface area (Å²) in [5.74, 6) is -0.556. The summed E-state index contributed by atoms with van der Waals surface area (Å²) in [5, 5.41) is 14.0. The number of fused-ring (bicyclic) bond motifs is 2. The van der Waals surface area contributed by atoms with Crippen molar-refractivity contribution in [2.45, 2.75) is 26.7 Å². The van der Waals surface area contributed by atoms with Crippen LogP contribution in [0.15, 0.2) is 182 Å². The number of hydrogen-bond acceptors (Lipinski definition) is 6. The fraction of sp³-hybridized carbons (Fsp3) is 0.127. The van der Waals surface area contributed by atoms with E-state index in [1.54, 1.807) is 24.3 Å². The number of nitrogens with one attached hydrogen (secondary N) is 4. The van der Waals surface area contributed by atoms with Crippen LogP contribution in [0.3, 0.4) is 0 Å². The molecule has 0 fully saturated rings. The van der Waals surface area contributed by atoms with E-state index in [4.69, 9.17) is 0 Å². The van der Waals surface area contributed by atoms with Gasteiger partial charge in [0.05, 0.1) is 9.75 Å². The summed E-state index contributed by atoms with van der Waals surface area (Å²) >= 11 is 2.95. The van der Waals surface area contributed by atoms with E-state index < -0.39 is 0 Å². The number of benzene rings is 6. The van der Waals surface area contributed by atoms with Crippen molar-refractivity contribution in [1.29, 1.82) is 0 Å². The van der Waals surface area contributed by atoms with Crippen LogP contribution in [0.4, 0.5) is 11.4 Å². The number of rotatable bonds is 12. The maximum Gasteiger partial charge on any atom is 0.265 e. The van der Waals surface area contributed by atoms with Crippen molar-refractivity contribution in [2.75, 3.05) is 23.7 Å². The first-order chi connectivity index (χ1) is 31.6. The summed E-state index contributed by atoms with van der Waals surface area (Å²) in [6.45, 7) is 5.00. The summed E-state index contributed by atoms with van der Waals surface area (Å²) in [4.78, 5) is 52.0. The van der Waals surface area contributed by atoms with Gasteiger partial charge in [-0.2, -0.15) is 0 Å². The van der Waals surface area contributed by atoms with E-state index in [2.05, 4.69) is 39.5 Å². The normalized spacial score (nSPS) is 12.1. The van der Waals surface area contributed by atoms with Gasteiger partial charge in [0.1, 0.15) is 0 Å². The molecule has 0 saturated heterocycles. The quantitative estimate of drug-likeness (QED) is 0.0977. The smallest absolute Gasteiger partial charge is 0.265 e. The predicted molar refractivity (Wildman–Crippen MR) is 269 cm³/mol. The lowest BCUT2D eigenvalue weighted by Crippen LogP contribution is -2.41. The van der Waals surface area contributed by atoms with Gasteiger partial charge in [-0.25, -0.2) is 0 Å². The summed E-state index contributed by atoms with van der Waals surface area (Å²) in [6, 6.07) is 52.1. The first-order valence-corrected chi connectivity index (χ1v) is 23.1. The second-order valence-corrected chi connectivity index (χ2v) is 18.6. The van der Waals surface area contributed by atoms with Gasteiger partial charge in [0.2, 0.25) is 0 Å². The molecule has 0 atom stereocenters. The third kappa shape index (κ3) is 11.6. The predicted octanol–water partition coefficient (Wildman–Crippen LogP) is 12.9. The third-order valence-electron chi connectivity index (χ3n) is 10.9. The molecular formula is C55H48N4O4S2. The highest BCUT2D eigenvalue weighted by Crippen LogP contribution is 2.28. The van der Waals surface area contributed by atoms with Crippen LogP contribution >= 0.6 is 22.7 Å². The molecule has 2 heterocycles. The summed E-state index contributed by atoms with van der Waals surface area (Å²) in [5.41, 5.74) is 6.65. The molecule has 6 aromatic carbocycles. The minimum absolute atomic E-state index is 0.0766. The van der Waals surface area contributed by atoms with Crippen molar-refractivity contribution >= 4 is 83.4 Å². The van der Waals surface area contributed by atoms with Gasteiger partial charge in [-0.15, -0.1) is 22.7 Å². The van der Waals surface area contributed by atoms with Crippen LogP contribution in [-0.4, -0.2) is 36.7 Å². The van der Waals surface area contributed by atoms with Crippen LogP contribution in [0.25, 0.3) is 36.9 Å². The van der Waals surface area contributed by atoms with Crippen molar-refractivity contribution in [2.24, 2.45) is 5.41 Å². The van der Waals surface area contributed by atoms with E-state index in [9.17, 15) is 19.2 Å².